The number of benzene rings is 1. The summed E-state index contributed by atoms with van der Waals surface area (Å²) in [6.45, 7) is 1.52. The first kappa shape index (κ1) is 11.7. The average Bonchev–Trinajstić information content (AvgIpc) is 2.40. The maximum Gasteiger partial charge on any atom is 0.222 e. The number of halogens is 1. The minimum absolute atomic E-state index is 0.208. The number of rotatable bonds is 2. The molecule has 94 valence electrons. The van der Waals surface area contributed by atoms with Gasteiger partial charge in [0.15, 0.2) is 0 Å². The second-order valence-electron chi connectivity index (χ2n) is 4.26. The van der Waals surface area contributed by atoms with Gasteiger partial charge in [0.1, 0.15) is 11.9 Å². The molecule has 0 N–H and O–H groups in total. The molecule has 0 aliphatic carbocycles. The second-order valence-corrected chi connectivity index (χ2v) is 4.60. The molecule has 2 heterocycles. The van der Waals surface area contributed by atoms with E-state index in [0.29, 0.717) is 0 Å². The van der Waals surface area contributed by atoms with Crippen LogP contribution in [0.15, 0.2) is 24.4 Å². The molecule has 0 amide bonds. The molecule has 0 spiro atoms. The third kappa shape index (κ3) is 2.40. The van der Waals surface area contributed by atoms with Crippen LogP contribution in [0.5, 0.6) is 5.75 Å². The zero-order chi connectivity index (χ0) is 12.4. The normalized spacial score (nSPS) is 16.9. The summed E-state index contributed by atoms with van der Waals surface area (Å²) in [6, 6.07) is 5.76. The minimum Gasteiger partial charge on any atom is -0.489 e. The van der Waals surface area contributed by atoms with Crippen molar-refractivity contribution in [2.24, 2.45) is 0 Å². The van der Waals surface area contributed by atoms with Crippen LogP contribution in [-0.2, 0) is 4.74 Å². The van der Waals surface area contributed by atoms with Crippen molar-refractivity contribution in [1.29, 1.82) is 0 Å². The highest BCUT2D eigenvalue weighted by Gasteiger charge is 2.16. The Morgan fingerprint density at radius 2 is 2.11 bits per heavy atom. The number of hydrogen-bond acceptors (Lipinski definition) is 4. The molecule has 1 fully saturated rings. The average molecular weight is 265 g/mol. The molecule has 0 bridgehead atoms. The van der Waals surface area contributed by atoms with Crippen molar-refractivity contribution >= 4 is 22.5 Å². The van der Waals surface area contributed by atoms with Crippen molar-refractivity contribution in [3.63, 3.8) is 0 Å². The molecule has 2 aromatic rings. The molecular formula is C13H13ClN2O2. The van der Waals surface area contributed by atoms with Gasteiger partial charge in [-0.15, -0.1) is 0 Å². The molecule has 1 aromatic carbocycles. The van der Waals surface area contributed by atoms with Gasteiger partial charge in [-0.2, -0.15) is 0 Å². The maximum atomic E-state index is 6.01. The lowest BCUT2D eigenvalue weighted by Crippen LogP contribution is -2.25. The molecule has 1 aliphatic heterocycles. The second kappa shape index (κ2) is 5.08. The summed E-state index contributed by atoms with van der Waals surface area (Å²) in [7, 11) is 0. The van der Waals surface area contributed by atoms with Crippen LogP contribution in [0.3, 0.4) is 0 Å². The Hall–Kier alpha value is -1.39. The third-order valence-electron chi connectivity index (χ3n) is 3.02. The van der Waals surface area contributed by atoms with Gasteiger partial charge >= 0.3 is 0 Å². The Kier molecular flexibility index (Phi) is 3.30. The van der Waals surface area contributed by atoms with E-state index < -0.39 is 0 Å². The summed E-state index contributed by atoms with van der Waals surface area (Å²) in [4.78, 5) is 8.19. The molecule has 0 atom stereocenters. The van der Waals surface area contributed by atoms with E-state index in [1.807, 2.05) is 18.2 Å². The van der Waals surface area contributed by atoms with Gasteiger partial charge in [-0.1, -0.05) is 6.07 Å². The van der Waals surface area contributed by atoms with Crippen molar-refractivity contribution in [3.05, 3.63) is 29.7 Å². The summed E-state index contributed by atoms with van der Waals surface area (Å²) in [5.41, 5.74) is 0.805. The van der Waals surface area contributed by atoms with Crippen LogP contribution < -0.4 is 4.74 Å². The molecule has 1 saturated heterocycles. The van der Waals surface area contributed by atoms with Crippen molar-refractivity contribution in [3.8, 4) is 5.75 Å². The number of aromatic nitrogens is 2. The van der Waals surface area contributed by atoms with Gasteiger partial charge in [0.05, 0.1) is 24.1 Å². The smallest absolute Gasteiger partial charge is 0.222 e. The SMILES string of the molecule is Clc1ncc2c(OC3CCOCC3)cccc2n1. The lowest BCUT2D eigenvalue weighted by molar-refractivity contribution is 0.0262. The zero-order valence-corrected chi connectivity index (χ0v) is 10.6. The summed E-state index contributed by atoms with van der Waals surface area (Å²) in [5.74, 6) is 0.816. The summed E-state index contributed by atoms with van der Waals surface area (Å²) in [5, 5.41) is 1.15. The Balaban J connectivity index is 1.91. The highest BCUT2D eigenvalue weighted by Crippen LogP contribution is 2.27. The molecule has 1 aliphatic rings. The van der Waals surface area contributed by atoms with Crippen LogP contribution in [0, 0.1) is 0 Å². The van der Waals surface area contributed by atoms with Crippen LogP contribution >= 0.6 is 11.6 Å². The molecule has 1 aromatic heterocycles. The Labute approximate surface area is 110 Å². The van der Waals surface area contributed by atoms with Gasteiger partial charge in [-0.05, 0) is 23.7 Å². The lowest BCUT2D eigenvalue weighted by Gasteiger charge is -2.23. The van der Waals surface area contributed by atoms with Crippen LogP contribution in [0.25, 0.3) is 10.9 Å². The van der Waals surface area contributed by atoms with Gasteiger partial charge < -0.3 is 9.47 Å². The summed E-state index contributed by atoms with van der Waals surface area (Å²) in [6.07, 6.45) is 3.76. The van der Waals surface area contributed by atoms with Gasteiger partial charge in [-0.25, -0.2) is 9.97 Å². The molecule has 0 radical (unpaired) electrons. The van der Waals surface area contributed by atoms with E-state index >= 15 is 0 Å². The molecular weight excluding hydrogens is 252 g/mol. The van der Waals surface area contributed by atoms with Crippen molar-refractivity contribution in [2.45, 2.75) is 18.9 Å². The lowest BCUT2D eigenvalue weighted by atomic mass is 10.1. The molecule has 0 unspecified atom stereocenters. The number of ether oxygens (including phenoxy) is 2. The van der Waals surface area contributed by atoms with Gasteiger partial charge in [0, 0.05) is 19.0 Å². The van der Waals surface area contributed by atoms with E-state index in [2.05, 4.69) is 9.97 Å². The van der Waals surface area contributed by atoms with Crippen molar-refractivity contribution in [2.75, 3.05) is 13.2 Å². The third-order valence-corrected chi connectivity index (χ3v) is 3.20. The van der Waals surface area contributed by atoms with Crippen molar-refractivity contribution < 1.29 is 9.47 Å². The van der Waals surface area contributed by atoms with Crippen molar-refractivity contribution in [1.82, 2.24) is 9.97 Å². The zero-order valence-electron chi connectivity index (χ0n) is 9.80. The van der Waals surface area contributed by atoms with Crippen LogP contribution in [0.1, 0.15) is 12.8 Å². The van der Waals surface area contributed by atoms with Gasteiger partial charge in [0.2, 0.25) is 5.28 Å². The number of hydrogen-bond donors (Lipinski definition) is 0. The van der Waals surface area contributed by atoms with Gasteiger partial charge in [0.25, 0.3) is 0 Å². The van der Waals surface area contributed by atoms with E-state index in [0.717, 1.165) is 42.7 Å². The standard InChI is InChI=1S/C13H13ClN2O2/c14-13-15-8-10-11(16-13)2-1-3-12(10)18-9-4-6-17-7-5-9/h1-3,8-9H,4-7H2. The van der Waals surface area contributed by atoms with E-state index in [-0.39, 0.29) is 11.4 Å². The van der Waals surface area contributed by atoms with Crippen LogP contribution in [0.2, 0.25) is 5.28 Å². The molecule has 0 saturated carbocycles. The fourth-order valence-electron chi connectivity index (χ4n) is 2.08. The maximum absolute atomic E-state index is 6.01. The largest absolute Gasteiger partial charge is 0.489 e. The monoisotopic (exact) mass is 264 g/mol. The fraction of sp³-hybridized carbons (Fsp3) is 0.385. The first-order valence-corrected chi connectivity index (χ1v) is 6.36. The Bertz CT molecular complexity index is 556. The predicted molar refractivity (Wildman–Crippen MR) is 69.0 cm³/mol. The van der Waals surface area contributed by atoms with E-state index in [1.54, 1.807) is 6.20 Å². The molecule has 18 heavy (non-hydrogen) atoms. The molecule has 4 nitrogen and oxygen atoms in total. The van der Waals surface area contributed by atoms with Gasteiger partial charge in [-0.3, -0.25) is 0 Å². The molecule has 5 heteroatoms. The Morgan fingerprint density at radius 3 is 2.94 bits per heavy atom. The molecule has 3 rings (SSSR count). The van der Waals surface area contributed by atoms with E-state index in [4.69, 9.17) is 21.1 Å². The highest BCUT2D eigenvalue weighted by atomic mass is 35.5. The number of fused-ring (bicyclic) bond motifs is 1. The summed E-state index contributed by atoms with van der Waals surface area (Å²) < 4.78 is 11.3. The first-order chi connectivity index (χ1) is 8.83. The minimum atomic E-state index is 0.208. The van der Waals surface area contributed by atoms with E-state index in [1.165, 1.54) is 0 Å². The van der Waals surface area contributed by atoms with E-state index in [9.17, 15) is 0 Å². The Morgan fingerprint density at radius 1 is 1.28 bits per heavy atom. The first-order valence-electron chi connectivity index (χ1n) is 5.98. The van der Waals surface area contributed by atoms with Crippen LogP contribution in [-0.4, -0.2) is 29.3 Å². The number of nitrogens with zero attached hydrogens (tertiary/aromatic N) is 2. The summed E-state index contributed by atoms with van der Waals surface area (Å²) >= 11 is 5.78. The highest BCUT2D eigenvalue weighted by molar-refractivity contribution is 6.28. The van der Waals surface area contributed by atoms with Crippen LogP contribution in [0.4, 0.5) is 0 Å². The topological polar surface area (TPSA) is 44.2 Å². The quantitative estimate of drug-likeness (QED) is 0.783. The predicted octanol–water partition coefficient (Wildman–Crippen LogP) is 2.84. The fourth-order valence-corrected chi connectivity index (χ4v) is 2.22.